The van der Waals surface area contributed by atoms with E-state index in [-0.39, 0.29) is 36.4 Å². The van der Waals surface area contributed by atoms with Gasteiger partial charge in [0.25, 0.3) is 0 Å². The number of fused-ring (bicyclic) bond motifs is 4. The van der Waals surface area contributed by atoms with Gasteiger partial charge in [0, 0.05) is 62.9 Å². The van der Waals surface area contributed by atoms with E-state index in [1.807, 2.05) is 30.1 Å². The second-order valence-corrected chi connectivity index (χ2v) is 9.40. The Balaban J connectivity index is 1.62. The Labute approximate surface area is 198 Å². The number of benzene rings is 2. The minimum atomic E-state index is -0.286. The van der Waals surface area contributed by atoms with E-state index in [1.54, 1.807) is 13.2 Å². The largest absolute Gasteiger partial charge is 0.497 e. The quantitative estimate of drug-likeness (QED) is 0.604. The van der Waals surface area contributed by atoms with Gasteiger partial charge in [0.1, 0.15) is 18.2 Å². The van der Waals surface area contributed by atoms with E-state index in [0.717, 1.165) is 27.9 Å². The molecule has 1 amide bonds. The number of ether oxygens (including phenoxy) is 2. The molecule has 2 aliphatic rings. The Bertz CT molecular complexity index is 1230. The van der Waals surface area contributed by atoms with Gasteiger partial charge in [0.15, 0.2) is 0 Å². The summed E-state index contributed by atoms with van der Waals surface area (Å²) in [4.78, 5) is 16.6. The van der Waals surface area contributed by atoms with Crippen LogP contribution in [0.2, 0.25) is 0 Å². The highest BCUT2D eigenvalue weighted by Crippen LogP contribution is 2.50. The molecule has 0 aliphatic carbocycles. The van der Waals surface area contributed by atoms with Crippen molar-refractivity contribution in [2.24, 2.45) is 7.05 Å². The van der Waals surface area contributed by atoms with Crippen molar-refractivity contribution < 1.29 is 23.8 Å². The highest BCUT2D eigenvalue weighted by molar-refractivity contribution is 5.89. The predicted octanol–water partition coefficient (Wildman–Crippen LogP) is 2.60. The van der Waals surface area contributed by atoms with E-state index < -0.39 is 0 Å². The molecule has 1 spiro atoms. The van der Waals surface area contributed by atoms with Gasteiger partial charge in [-0.05, 0) is 35.4 Å². The number of hydrogen-bond acceptors (Lipinski definition) is 5. The highest BCUT2D eigenvalue weighted by atomic mass is 19.1. The molecule has 1 unspecified atom stereocenters. The van der Waals surface area contributed by atoms with Gasteiger partial charge in [0.2, 0.25) is 5.91 Å². The number of aliphatic hydroxyl groups is 1. The van der Waals surface area contributed by atoms with Crippen LogP contribution in [0.25, 0.3) is 10.9 Å². The molecular weight excluding hydrogens is 437 g/mol. The summed E-state index contributed by atoms with van der Waals surface area (Å²) in [5.74, 6) is 0.460. The maximum atomic E-state index is 13.9. The number of aromatic nitrogens is 1. The van der Waals surface area contributed by atoms with Crippen LogP contribution in [0.5, 0.6) is 5.75 Å². The number of halogens is 1. The van der Waals surface area contributed by atoms with Crippen molar-refractivity contribution in [1.29, 1.82) is 0 Å². The fourth-order valence-electron chi connectivity index (χ4n) is 5.83. The fraction of sp³-hybridized carbons (Fsp3) is 0.423. The van der Waals surface area contributed by atoms with Gasteiger partial charge >= 0.3 is 0 Å². The van der Waals surface area contributed by atoms with Gasteiger partial charge in [0.05, 0.1) is 25.3 Å². The summed E-state index contributed by atoms with van der Waals surface area (Å²) in [7, 11) is 5.18. The predicted molar refractivity (Wildman–Crippen MR) is 126 cm³/mol. The molecule has 5 rings (SSSR count). The van der Waals surface area contributed by atoms with Crippen molar-refractivity contribution in [3.8, 4) is 5.75 Å². The summed E-state index contributed by atoms with van der Waals surface area (Å²) in [6.45, 7) is 2.30. The van der Waals surface area contributed by atoms with Crippen LogP contribution in [0.15, 0.2) is 42.5 Å². The number of aliphatic hydroxyl groups excluding tert-OH is 1. The number of amides is 1. The lowest BCUT2D eigenvalue weighted by molar-refractivity contribution is -0.144. The molecule has 180 valence electrons. The summed E-state index contributed by atoms with van der Waals surface area (Å²) in [6, 6.07) is 12.4. The highest BCUT2D eigenvalue weighted by Gasteiger charge is 2.54. The van der Waals surface area contributed by atoms with Crippen LogP contribution < -0.4 is 4.74 Å². The number of carbonyl (C=O) groups is 1. The molecule has 3 aromatic rings. The second kappa shape index (κ2) is 8.69. The van der Waals surface area contributed by atoms with Crippen molar-refractivity contribution in [1.82, 2.24) is 14.4 Å². The maximum Gasteiger partial charge on any atom is 0.248 e. The number of aryl methyl sites for hydroxylation is 1. The first-order chi connectivity index (χ1) is 16.4. The molecule has 3 heterocycles. The summed E-state index contributed by atoms with van der Waals surface area (Å²) in [6.07, 6.45) is 0. The SMILES string of the molecule is COCC(=O)N1CC2(C1)CN(Cc1cccc(F)c1)C(CO)c1c2c2ccc(OC)cc2n1C. The molecule has 1 atom stereocenters. The number of hydrogen-bond donors (Lipinski definition) is 1. The zero-order valence-electron chi connectivity index (χ0n) is 19.8. The summed E-state index contributed by atoms with van der Waals surface area (Å²) >= 11 is 0. The van der Waals surface area contributed by atoms with Crippen LogP contribution in [-0.2, 0) is 28.5 Å². The Morgan fingerprint density at radius 2 is 1.97 bits per heavy atom. The monoisotopic (exact) mass is 467 g/mol. The van der Waals surface area contributed by atoms with Crippen molar-refractivity contribution in [2.45, 2.75) is 18.0 Å². The summed E-state index contributed by atoms with van der Waals surface area (Å²) < 4.78 is 26.6. The Kier molecular flexibility index (Phi) is 5.83. The topological polar surface area (TPSA) is 67.2 Å². The Hall–Kier alpha value is -2.94. The lowest BCUT2D eigenvalue weighted by Gasteiger charge is -2.56. The van der Waals surface area contributed by atoms with E-state index in [0.29, 0.717) is 26.2 Å². The van der Waals surface area contributed by atoms with Crippen LogP contribution in [0, 0.1) is 5.82 Å². The number of carbonyl (C=O) groups excluding carboxylic acids is 1. The van der Waals surface area contributed by atoms with Crippen molar-refractivity contribution >= 4 is 16.8 Å². The summed E-state index contributed by atoms with van der Waals surface area (Å²) in [5, 5.41) is 11.6. The fourth-order valence-corrected chi connectivity index (χ4v) is 5.83. The third-order valence-corrected chi connectivity index (χ3v) is 7.30. The number of rotatable bonds is 6. The van der Waals surface area contributed by atoms with Crippen LogP contribution in [0.1, 0.15) is 22.9 Å². The molecule has 1 saturated heterocycles. The first-order valence-electron chi connectivity index (χ1n) is 11.4. The minimum absolute atomic E-state index is 0.0301. The lowest BCUT2D eigenvalue weighted by atomic mass is 9.68. The number of methoxy groups -OCH3 is 2. The Morgan fingerprint density at radius 3 is 2.65 bits per heavy atom. The maximum absolute atomic E-state index is 13.9. The van der Waals surface area contributed by atoms with Gasteiger partial charge in [-0.25, -0.2) is 4.39 Å². The molecule has 1 N–H and O–H groups in total. The van der Waals surface area contributed by atoms with Crippen LogP contribution in [0.4, 0.5) is 4.39 Å². The van der Waals surface area contributed by atoms with Gasteiger partial charge in [-0.1, -0.05) is 12.1 Å². The number of likely N-dealkylation sites (tertiary alicyclic amines) is 1. The van der Waals surface area contributed by atoms with E-state index >= 15 is 0 Å². The minimum Gasteiger partial charge on any atom is -0.497 e. The first kappa shape index (κ1) is 22.8. The third kappa shape index (κ3) is 3.57. The van der Waals surface area contributed by atoms with Crippen LogP contribution in [-0.4, -0.2) is 72.4 Å². The standard InChI is InChI=1S/C26H30FN3O4/c1-28-21-10-19(34-3)7-8-20(21)24-25(28)22(12-31)29(11-17-5-4-6-18(27)9-17)14-26(24)15-30(16-26)23(32)13-33-2/h4-10,22,31H,11-16H2,1-3H3. The first-order valence-corrected chi connectivity index (χ1v) is 11.4. The zero-order chi connectivity index (χ0) is 24.0. The van der Waals surface area contributed by atoms with E-state index in [9.17, 15) is 14.3 Å². The molecule has 8 heteroatoms. The molecular formula is C26H30FN3O4. The second-order valence-electron chi connectivity index (χ2n) is 9.40. The smallest absolute Gasteiger partial charge is 0.248 e. The van der Waals surface area contributed by atoms with Crippen molar-refractivity contribution in [3.05, 3.63) is 65.1 Å². The molecule has 2 aliphatic heterocycles. The Morgan fingerprint density at radius 1 is 1.18 bits per heavy atom. The van der Waals surface area contributed by atoms with Crippen molar-refractivity contribution in [2.75, 3.05) is 47.1 Å². The lowest BCUT2D eigenvalue weighted by Crippen LogP contribution is -2.68. The van der Waals surface area contributed by atoms with Crippen molar-refractivity contribution in [3.63, 3.8) is 0 Å². The van der Waals surface area contributed by atoms with Gasteiger partial charge in [-0.15, -0.1) is 0 Å². The average molecular weight is 468 g/mol. The summed E-state index contributed by atoms with van der Waals surface area (Å²) in [5.41, 5.74) is 3.81. The van der Waals surface area contributed by atoms with Gasteiger partial charge in [-0.3, -0.25) is 9.69 Å². The molecule has 1 aromatic heterocycles. The van der Waals surface area contributed by atoms with E-state index in [1.165, 1.54) is 24.8 Å². The average Bonchev–Trinajstić information content (AvgIpc) is 3.09. The normalized spacial score (nSPS) is 19.3. The van der Waals surface area contributed by atoms with Crippen LogP contribution >= 0.6 is 0 Å². The molecule has 7 nitrogen and oxygen atoms in total. The third-order valence-electron chi connectivity index (χ3n) is 7.30. The molecule has 2 aromatic carbocycles. The molecule has 0 radical (unpaired) electrons. The molecule has 1 fully saturated rings. The molecule has 34 heavy (non-hydrogen) atoms. The molecule has 0 saturated carbocycles. The zero-order valence-corrected chi connectivity index (χ0v) is 19.8. The van der Waals surface area contributed by atoms with Gasteiger partial charge < -0.3 is 24.0 Å². The van der Waals surface area contributed by atoms with Crippen LogP contribution in [0.3, 0.4) is 0 Å². The number of nitrogens with zero attached hydrogens (tertiary/aromatic N) is 3. The van der Waals surface area contributed by atoms with E-state index in [4.69, 9.17) is 9.47 Å². The van der Waals surface area contributed by atoms with E-state index in [2.05, 4.69) is 15.5 Å². The van der Waals surface area contributed by atoms with Gasteiger partial charge in [-0.2, -0.15) is 0 Å². The molecule has 0 bridgehead atoms.